The molecule has 0 radical (unpaired) electrons. The van der Waals surface area contributed by atoms with Crippen LogP contribution in [-0.4, -0.2) is 18.1 Å². The van der Waals surface area contributed by atoms with Crippen molar-refractivity contribution in [3.05, 3.63) is 0 Å². The third kappa shape index (κ3) is 8.00. The van der Waals surface area contributed by atoms with Crippen molar-refractivity contribution in [3.63, 3.8) is 0 Å². The van der Waals surface area contributed by atoms with E-state index in [1.54, 1.807) is 0 Å². The van der Waals surface area contributed by atoms with Crippen LogP contribution in [0.1, 0.15) is 59.8 Å². The molecule has 0 aliphatic rings. The second-order valence-corrected chi connectivity index (χ2v) is 3.99. The number of unbranched alkanes of at least 4 members (excludes halogenated alkanes) is 1. The Morgan fingerprint density at radius 3 is 2.00 bits per heavy atom. The lowest BCUT2D eigenvalue weighted by Crippen LogP contribution is -1.98. The van der Waals surface area contributed by atoms with Crippen molar-refractivity contribution in [2.24, 2.45) is 9.98 Å². The van der Waals surface area contributed by atoms with Crippen molar-refractivity contribution in [1.29, 1.82) is 0 Å². The molecule has 0 saturated carbocycles. The van der Waals surface area contributed by atoms with Crippen molar-refractivity contribution in [3.8, 4) is 0 Å². The fourth-order valence-corrected chi connectivity index (χ4v) is 1.28. The second-order valence-electron chi connectivity index (χ2n) is 3.99. The van der Waals surface area contributed by atoms with Gasteiger partial charge in [0.2, 0.25) is 0 Å². The van der Waals surface area contributed by atoms with Crippen LogP contribution in [0, 0.1) is 0 Å². The summed E-state index contributed by atoms with van der Waals surface area (Å²) in [4.78, 5) is 8.51. The van der Waals surface area contributed by atoms with E-state index in [9.17, 15) is 0 Å². The summed E-state index contributed by atoms with van der Waals surface area (Å²) in [6, 6.07) is 3.59. The third-order valence-corrected chi connectivity index (χ3v) is 2.24. The number of aliphatic imine (C=N–C) groups is 2. The standard InChI is InChI=1S/C12H24N2/c1-5-7-9-12(4)14-10-13-11(3)8-6-2/h11-12H,5-9H2,1-4H3. The number of hydrogen-bond donors (Lipinski definition) is 0. The molecule has 2 atom stereocenters. The molecule has 0 aromatic heterocycles. The summed E-state index contributed by atoms with van der Waals surface area (Å²) in [5, 5.41) is 0. The Morgan fingerprint density at radius 2 is 1.50 bits per heavy atom. The van der Waals surface area contributed by atoms with Crippen molar-refractivity contribution in [2.75, 3.05) is 0 Å². The molecule has 0 amide bonds. The summed E-state index contributed by atoms with van der Waals surface area (Å²) < 4.78 is 0. The zero-order valence-electron chi connectivity index (χ0n) is 10.1. The molecule has 0 bridgehead atoms. The number of hydrogen-bond acceptors (Lipinski definition) is 2. The SMILES string of the molecule is CCCCC(C)N=C=NC(C)CCC. The first kappa shape index (κ1) is 13.4. The largest absolute Gasteiger partial charge is 0.223 e. The molecule has 0 aromatic carbocycles. The van der Waals surface area contributed by atoms with Crippen molar-refractivity contribution in [1.82, 2.24) is 0 Å². The van der Waals surface area contributed by atoms with E-state index in [0.717, 1.165) is 12.8 Å². The maximum absolute atomic E-state index is 4.27. The van der Waals surface area contributed by atoms with Crippen LogP contribution in [0.2, 0.25) is 0 Å². The third-order valence-electron chi connectivity index (χ3n) is 2.24. The monoisotopic (exact) mass is 196 g/mol. The summed E-state index contributed by atoms with van der Waals surface area (Å²) in [7, 11) is 0. The molecule has 2 unspecified atom stereocenters. The van der Waals surface area contributed by atoms with Gasteiger partial charge in [0.15, 0.2) is 0 Å². The maximum atomic E-state index is 4.27. The van der Waals surface area contributed by atoms with Crippen molar-refractivity contribution < 1.29 is 0 Å². The minimum atomic E-state index is 0.377. The maximum Gasteiger partial charge on any atom is 0.0898 e. The molecule has 0 aromatic rings. The Bertz CT molecular complexity index is 181. The van der Waals surface area contributed by atoms with Crippen molar-refractivity contribution in [2.45, 2.75) is 71.9 Å². The van der Waals surface area contributed by atoms with Crippen LogP contribution in [0.3, 0.4) is 0 Å². The van der Waals surface area contributed by atoms with Gasteiger partial charge in [-0.2, -0.15) is 0 Å². The Morgan fingerprint density at radius 1 is 0.929 bits per heavy atom. The normalized spacial score (nSPS) is 14.3. The summed E-state index contributed by atoms with van der Waals surface area (Å²) in [5.74, 6) is 0. The Kier molecular flexibility index (Phi) is 8.56. The van der Waals surface area contributed by atoms with E-state index in [1.165, 1.54) is 19.3 Å². The first-order valence-corrected chi connectivity index (χ1v) is 5.85. The van der Waals surface area contributed by atoms with Gasteiger partial charge in [0, 0.05) is 0 Å². The van der Waals surface area contributed by atoms with E-state index in [0.29, 0.717) is 12.1 Å². The van der Waals surface area contributed by atoms with Crippen molar-refractivity contribution >= 4 is 6.01 Å². The van der Waals surface area contributed by atoms with E-state index < -0.39 is 0 Å². The first-order valence-electron chi connectivity index (χ1n) is 5.85. The van der Waals surface area contributed by atoms with Crippen LogP contribution in [0.5, 0.6) is 0 Å². The fraction of sp³-hybridized carbons (Fsp3) is 0.917. The average molecular weight is 196 g/mol. The topological polar surface area (TPSA) is 24.7 Å². The molecule has 14 heavy (non-hydrogen) atoms. The van der Waals surface area contributed by atoms with Gasteiger partial charge in [-0.25, -0.2) is 9.98 Å². The predicted molar refractivity (Wildman–Crippen MR) is 63.2 cm³/mol. The molecule has 2 nitrogen and oxygen atoms in total. The van der Waals surface area contributed by atoms with Crippen LogP contribution in [0.25, 0.3) is 0 Å². The van der Waals surface area contributed by atoms with Gasteiger partial charge in [-0.1, -0.05) is 33.1 Å². The van der Waals surface area contributed by atoms with Gasteiger partial charge < -0.3 is 0 Å². The zero-order chi connectivity index (χ0) is 10.8. The first-order chi connectivity index (χ1) is 6.70. The summed E-state index contributed by atoms with van der Waals surface area (Å²) >= 11 is 0. The summed E-state index contributed by atoms with van der Waals surface area (Å²) in [6.07, 6.45) is 5.95. The van der Waals surface area contributed by atoms with Gasteiger partial charge in [-0.3, -0.25) is 0 Å². The minimum absolute atomic E-state index is 0.377. The molecule has 0 aliphatic heterocycles. The van der Waals surface area contributed by atoms with E-state index >= 15 is 0 Å². The van der Waals surface area contributed by atoms with Crippen LogP contribution in [0.15, 0.2) is 9.98 Å². The molecule has 0 rings (SSSR count). The molecule has 0 spiro atoms. The molecule has 0 fully saturated rings. The van der Waals surface area contributed by atoms with Gasteiger partial charge in [0.1, 0.15) is 0 Å². The van der Waals surface area contributed by atoms with Gasteiger partial charge >= 0.3 is 0 Å². The van der Waals surface area contributed by atoms with Gasteiger partial charge in [0.25, 0.3) is 0 Å². The number of nitrogens with zero attached hydrogens (tertiary/aromatic N) is 2. The lowest BCUT2D eigenvalue weighted by atomic mass is 10.1. The second kappa shape index (κ2) is 8.96. The Labute approximate surface area is 88.5 Å². The molecular formula is C12H24N2. The fourth-order valence-electron chi connectivity index (χ4n) is 1.28. The summed E-state index contributed by atoms with van der Waals surface area (Å²) in [5.41, 5.74) is 0. The van der Waals surface area contributed by atoms with Gasteiger partial charge in [-0.15, -0.1) is 0 Å². The van der Waals surface area contributed by atoms with E-state index in [4.69, 9.17) is 0 Å². The van der Waals surface area contributed by atoms with Crippen LogP contribution >= 0.6 is 0 Å². The molecule has 0 saturated heterocycles. The van der Waals surface area contributed by atoms with Crippen LogP contribution in [-0.2, 0) is 0 Å². The van der Waals surface area contributed by atoms with Gasteiger partial charge in [-0.05, 0) is 26.7 Å². The van der Waals surface area contributed by atoms with E-state index in [1.807, 2.05) is 0 Å². The smallest absolute Gasteiger partial charge is 0.0898 e. The zero-order valence-corrected chi connectivity index (χ0v) is 10.1. The molecule has 0 heterocycles. The lowest BCUT2D eigenvalue weighted by molar-refractivity contribution is 0.617. The highest BCUT2D eigenvalue weighted by Gasteiger charge is 1.96. The van der Waals surface area contributed by atoms with Crippen LogP contribution < -0.4 is 0 Å². The molecule has 0 aliphatic carbocycles. The molecule has 2 heteroatoms. The Balaban J connectivity index is 3.77. The van der Waals surface area contributed by atoms with E-state index in [2.05, 4.69) is 43.7 Å². The Hall–Kier alpha value is -0.620. The lowest BCUT2D eigenvalue weighted by Gasteiger charge is -2.01. The predicted octanol–water partition coefficient (Wildman–Crippen LogP) is 3.93. The van der Waals surface area contributed by atoms with E-state index in [-0.39, 0.29) is 0 Å². The van der Waals surface area contributed by atoms with Crippen LogP contribution in [0.4, 0.5) is 0 Å². The number of rotatable bonds is 7. The van der Waals surface area contributed by atoms with Gasteiger partial charge in [0.05, 0.1) is 18.1 Å². The average Bonchev–Trinajstić information content (AvgIpc) is 2.15. The minimum Gasteiger partial charge on any atom is -0.223 e. The summed E-state index contributed by atoms with van der Waals surface area (Å²) in [6.45, 7) is 8.62. The molecule has 0 N–H and O–H groups in total. The quantitative estimate of drug-likeness (QED) is 0.551. The highest BCUT2D eigenvalue weighted by Crippen LogP contribution is 2.03. The molecular weight excluding hydrogens is 172 g/mol. The highest BCUT2D eigenvalue weighted by molar-refractivity contribution is 5.41. The molecule has 82 valence electrons. The highest BCUT2D eigenvalue weighted by atomic mass is 14.8.